The van der Waals surface area contributed by atoms with Crippen molar-refractivity contribution in [1.29, 1.82) is 0 Å². The van der Waals surface area contributed by atoms with E-state index in [-0.39, 0.29) is 11.8 Å². The van der Waals surface area contributed by atoms with Gasteiger partial charge in [-0.1, -0.05) is 24.3 Å². The molecule has 2 aromatic rings. The maximum atomic E-state index is 12.8. The lowest BCUT2D eigenvalue weighted by atomic mass is 10.0. The number of nitrogens with zero attached hydrogens (tertiary/aromatic N) is 1. The number of amides is 2. The molecule has 0 radical (unpaired) electrons. The summed E-state index contributed by atoms with van der Waals surface area (Å²) in [5, 5.41) is 2.85. The van der Waals surface area contributed by atoms with E-state index < -0.39 is 0 Å². The lowest BCUT2D eigenvalue weighted by molar-refractivity contribution is -0.111. The van der Waals surface area contributed by atoms with Crippen molar-refractivity contribution in [2.75, 3.05) is 38.7 Å². The van der Waals surface area contributed by atoms with Gasteiger partial charge in [0.15, 0.2) is 0 Å². The Morgan fingerprint density at radius 3 is 2.61 bits per heavy atom. The van der Waals surface area contributed by atoms with Crippen molar-refractivity contribution in [2.24, 2.45) is 0 Å². The molecule has 0 saturated carbocycles. The van der Waals surface area contributed by atoms with Crippen molar-refractivity contribution in [2.45, 2.75) is 6.92 Å². The number of ether oxygens (including phenoxy) is 2. The van der Waals surface area contributed by atoms with E-state index in [1.165, 1.54) is 6.08 Å². The molecule has 3 rings (SSSR count). The Balaban J connectivity index is 1.72. The second kappa shape index (κ2) is 9.19. The summed E-state index contributed by atoms with van der Waals surface area (Å²) in [5.74, 6) is 0.382. The van der Waals surface area contributed by atoms with Gasteiger partial charge < -0.3 is 19.7 Å². The summed E-state index contributed by atoms with van der Waals surface area (Å²) in [4.78, 5) is 26.9. The summed E-state index contributed by atoms with van der Waals surface area (Å²) >= 11 is 0. The number of hydrogen-bond donors (Lipinski definition) is 1. The predicted molar refractivity (Wildman–Crippen MR) is 109 cm³/mol. The normalized spacial score (nSPS) is 14.1. The van der Waals surface area contributed by atoms with Crippen LogP contribution in [-0.2, 0) is 9.53 Å². The lowest BCUT2D eigenvalue weighted by Crippen LogP contribution is -2.41. The average molecular weight is 380 g/mol. The summed E-state index contributed by atoms with van der Waals surface area (Å²) in [5.41, 5.74) is 2.77. The minimum absolute atomic E-state index is 0.0403. The Morgan fingerprint density at radius 2 is 1.86 bits per heavy atom. The molecule has 2 amide bonds. The molecule has 0 spiro atoms. The Labute approximate surface area is 164 Å². The van der Waals surface area contributed by atoms with E-state index in [2.05, 4.69) is 5.32 Å². The van der Waals surface area contributed by atoms with Gasteiger partial charge in [-0.25, -0.2) is 0 Å². The zero-order valence-corrected chi connectivity index (χ0v) is 16.1. The van der Waals surface area contributed by atoms with Gasteiger partial charge in [-0.15, -0.1) is 0 Å². The molecule has 1 N–H and O–H groups in total. The van der Waals surface area contributed by atoms with Crippen molar-refractivity contribution in [3.63, 3.8) is 0 Å². The number of para-hydroxylation sites is 1. The van der Waals surface area contributed by atoms with E-state index in [0.717, 1.165) is 11.1 Å². The summed E-state index contributed by atoms with van der Waals surface area (Å²) in [7, 11) is 1.59. The number of methoxy groups -OCH3 is 1. The van der Waals surface area contributed by atoms with E-state index in [1.807, 2.05) is 31.2 Å². The van der Waals surface area contributed by atoms with Crippen LogP contribution in [0.25, 0.3) is 6.08 Å². The number of benzene rings is 2. The molecule has 1 aliphatic heterocycles. The van der Waals surface area contributed by atoms with Crippen LogP contribution in [0.3, 0.4) is 0 Å². The smallest absolute Gasteiger partial charge is 0.254 e. The van der Waals surface area contributed by atoms with Gasteiger partial charge in [0.1, 0.15) is 5.75 Å². The maximum absolute atomic E-state index is 12.8. The van der Waals surface area contributed by atoms with Gasteiger partial charge in [0.05, 0.1) is 20.3 Å². The van der Waals surface area contributed by atoms with Crippen LogP contribution < -0.4 is 10.1 Å². The van der Waals surface area contributed by atoms with Gasteiger partial charge in [0.25, 0.3) is 5.91 Å². The van der Waals surface area contributed by atoms with Crippen LogP contribution in [0.15, 0.2) is 48.5 Å². The van der Waals surface area contributed by atoms with Crippen LogP contribution in [0.4, 0.5) is 5.69 Å². The van der Waals surface area contributed by atoms with Crippen LogP contribution in [0, 0.1) is 6.92 Å². The first-order chi connectivity index (χ1) is 13.6. The highest BCUT2D eigenvalue weighted by Gasteiger charge is 2.21. The molecule has 1 saturated heterocycles. The number of hydrogen-bond acceptors (Lipinski definition) is 4. The number of nitrogens with one attached hydrogen (secondary N) is 1. The first-order valence-corrected chi connectivity index (χ1v) is 9.19. The van der Waals surface area contributed by atoms with E-state index in [4.69, 9.17) is 9.47 Å². The third-order valence-corrected chi connectivity index (χ3v) is 4.67. The third kappa shape index (κ3) is 4.58. The van der Waals surface area contributed by atoms with Crippen molar-refractivity contribution < 1.29 is 19.1 Å². The van der Waals surface area contributed by atoms with Crippen molar-refractivity contribution in [3.8, 4) is 5.75 Å². The fraction of sp³-hybridized carbons (Fsp3) is 0.273. The SMILES string of the molecule is COc1ccccc1/C=C/C(=O)Nc1cccc(C(=O)N2CCOCC2)c1C. The third-order valence-electron chi connectivity index (χ3n) is 4.67. The average Bonchev–Trinajstić information content (AvgIpc) is 2.74. The molecular weight excluding hydrogens is 356 g/mol. The summed E-state index contributed by atoms with van der Waals surface area (Å²) in [6, 6.07) is 12.8. The van der Waals surface area contributed by atoms with Crippen LogP contribution >= 0.6 is 0 Å². The fourth-order valence-corrected chi connectivity index (χ4v) is 3.08. The molecule has 0 unspecified atom stereocenters. The minimum atomic E-state index is -0.273. The molecule has 1 fully saturated rings. The highest BCUT2D eigenvalue weighted by Crippen LogP contribution is 2.22. The lowest BCUT2D eigenvalue weighted by Gasteiger charge is -2.27. The quantitative estimate of drug-likeness (QED) is 0.810. The molecule has 0 bridgehead atoms. The standard InChI is InChI=1S/C22H24N2O4/c1-16-18(22(26)24-12-14-28-15-13-24)7-5-8-19(16)23-21(25)11-10-17-6-3-4-9-20(17)27-2/h3-11H,12-15H2,1-2H3,(H,23,25)/b11-10+. The highest BCUT2D eigenvalue weighted by molar-refractivity contribution is 6.04. The second-order valence-corrected chi connectivity index (χ2v) is 6.45. The number of rotatable bonds is 5. The number of carbonyl (C=O) groups excluding carboxylic acids is 2. The summed E-state index contributed by atoms with van der Waals surface area (Å²) in [6.07, 6.45) is 3.15. The molecule has 1 heterocycles. The molecular formula is C22H24N2O4. The Bertz CT molecular complexity index is 886. The van der Waals surface area contributed by atoms with Crippen LogP contribution in [0.1, 0.15) is 21.5 Å². The number of carbonyl (C=O) groups is 2. The van der Waals surface area contributed by atoms with E-state index in [1.54, 1.807) is 36.3 Å². The van der Waals surface area contributed by atoms with Gasteiger partial charge in [-0.2, -0.15) is 0 Å². The van der Waals surface area contributed by atoms with E-state index >= 15 is 0 Å². The number of morpholine rings is 1. The molecule has 0 atom stereocenters. The zero-order valence-electron chi connectivity index (χ0n) is 16.1. The first kappa shape index (κ1) is 19.6. The van der Waals surface area contributed by atoms with Crippen molar-refractivity contribution >= 4 is 23.6 Å². The van der Waals surface area contributed by atoms with E-state index in [9.17, 15) is 9.59 Å². The minimum Gasteiger partial charge on any atom is -0.496 e. The topological polar surface area (TPSA) is 67.9 Å². The van der Waals surface area contributed by atoms with Gasteiger partial charge in [-0.05, 0) is 36.8 Å². The first-order valence-electron chi connectivity index (χ1n) is 9.19. The fourth-order valence-electron chi connectivity index (χ4n) is 3.08. The second-order valence-electron chi connectivity index (χ2n) is 6.45. The van der Waals surface area contributed by atoms with Crippen LogP contribution in [-0.4, -0.2) is 50.1 Å². The maximum Gasteiger partial charge on any atom is 0.254 e. The zero-order chi connectivity index (χ0) is 19.9. The Morgan fingerprint density at radius 1 is 1.11 bits per heavy atom. The molecule has 6 nitrogen and oxygen atoms in total. The molecule has 146 valence electrons. The largest absolute Gasteiger partial charge is 0.496 e. The van der Waals surface area contributed by atoms with E-state index in [0.29, 0.717) is 43.3 Å². The van der Waals surface area contributed by atoms with Gasteiger partial charge in [0, 0.05) is 36.0 Å². The van der Waals surface area contributed by atoms with Gasteiger partial charge >= 0.3 is 0 Å². The number of anilines is 1. The van der Waals surface area contributed by atoms with Crippen molar-refractivity contribution in [3.05, 3.63) is 65.2 Å². The Kier molecular flexibility index (Phi) is 6.45. The molecule has 1 aliphatic rings. The molecule has 6 heteroatoms. The van der Waals surface area contributed by atoms with Gasteiger partial charge in [-0.3, -0.25) is 9.59 Å². The van der Waals surface area contributed by atoms with Gasteiger partial charge in [0.2, 0.25) is 5.91 Å². The predicted octanol–water partition coefficient (Wildman–Crippen LogP) is 3.13. The van der Waals surface area contributed by atoms with Crippen LogP contribution in [0.2, 0.25) is 0 Å². The Hall–Kier alpha value is -3.12. The summed E-state index contributed by atoms with van der Waals surface area (Å²) in [6.45, 7) is 4.10. The molecule has 28 heavy (non-hydrogen) atoms. The molecule has 0 aromatic heterocycles. The summed E-state index contributed by atoms with van der Waals surface area (Å²) < 4.78 is 10.6. The highest BCUT2D eigenvalue weighted by atomic mass is 16.5. The monoisotopic (exact) mass is 380 g/mol. The molecule has 0 aliphatic carbocycles. The van der Waals surface area contributed by atoms with Crippen LogP contribution in [0.5, 0.6) is 5.75 Å². The molecule has 2 aromatic carbocycles. The van der Waals surface area contributed by atoms with Crippen molar-refractivity contribution in [1.82, 2.24) is 4.90 Å².